The second kappa shape index (κ2) is 6.92. The third-order valence-electron chi connectivity index (χ3n) is 3.40. The van der Waals surface area contributed by atoms with Crippen LogP contribution < -0.4 is 0 Å². The molecule has 0 spiro atoms. The van der Waals surface area contributed by atoms with E-state index in [0.717, 1.165) is 17.5 Å². The SMILES string of the molecule is CCC(C(=O)Cc1cccc(Cl)c1Cl)c1ccccc1. The van der Waals surface area contributed by atoms with Crippen LogP contribution in [0.1, 0.15) is 30.4 Å². The fraction of sp³-hybridized carbons (Fsp3) is 0.235. The van der Waals surface area contributed by atoms with Gasteiger partial charge in [-0.3, -0.25) is 4.79 Å². The van der Waals surface area contributed by atoms with E-state index < -0.39 is 0 Å². The minimum atomic E-state index is -0.0914. The highest BCUT2D eigenvalue weighted by Gasteiger charge is 2.19. The average molecular weight is 307 g/mol. The Morgan fingerprint density at radius 2 is 1.75 bits per heavy atom. The van der Waals surface area contributed by atoms with Crippen LogP contribution in [-0.2, 0) is 11.2 Å². The Kier molecular flexibility index (Phi) is 5.22. The molecular formula is C17H16Cl2O. The van der Waals surface area contributed by atoms with Crippen LogP contribution in [0.4, 0.5) is 0 Å². The van der Waals surface area contributed by atoms with Crippen molar-refractivity contribution in [3.63, 3.8) is 0 Å². The van der Waals surface area contributed by atoms with Crippen molar-refractivity contribution < 1.29 is 4.79 Å². The predicted octanol–water partition coefficient (Wildman–Crippen LogP) is 5.30. The average Bonchev–Trinajstić information content (AvgIpc) is 2.46. The fourth-order valence-electron chi connectivity index (χ4n) is 2.33. The van der Waals surface area contributed by atoms with E-state index >= 15 is 0 Å². The molecule has 1 unspecified atom stereocenters. The highest BCUT2D eigenvalue weighted by atomic mass is 35.5. The first kappa shape index (κ1) is 15.1. The first-order valence-corrected chi connectivity index (χ1v) is 7.39. The van der Waals surface area contributed by atoms with Crippen LogP contribution >= 0.6 is 23.2 Å². The van der Waals surface area contributed by atoms with Gasteiger partial charge in [0.15, 0.2) is 0 Å². The maximum Gasteiger partial charge on any atom is 0.144 e. The number of hydrogen-bond acceptors (Lipinski definition) is 1. The molecule has 0 heterocycles. The van der Waals surface area contributed by atoms with Crippen molar-refractivity contribution in [1.29, 1.82) is 0 Å². The molecule has 2 aromatic rings. The number of benzene rings is 2. The normalized spacial score (nSPS) is 12.2. The summed E-state index contributed by atoms with van der Waals surface area (Å²) in [6.07, 6.45) is 1.09. The molecule has 1 atom stereocenters. The molecule has 104 valence electrons. The van der Waals surface area contributed by atoms with Crippen molar-refractivity contribution in [2.75, 3.05) is 0 Å². The fourth-order valence-corrected chi connectivity index (χ4v) is 2.72. The predicted molar refractivity (Wildman–Crippen MR) is 84.6 cm³/mol. The lowest BCUT2D eigenvalue weighted by atomic mass is 9.89. The molecule has 20 heavy (non-hydrogen) atoms. The second-order valence-electron chi connectivity index (χ2n) is 4.73. The van der Waals surface area contributed by atoms with Crippen LogP contribution in [0.2, 0.25) is 10.0 Å². The lowest BCUT2D eigenvalue weighted by molar-refractivity contribution is -0.119. The van der Waals surface area contributed by atoms with E-state index in [9.17, 15) is 4.79 Å². The first-order valence-electron chi connectivity index (χ1n) is 6.64. The highest BCUT2D eigenvalue weighted by molar-refractivity contribution is 6.42. The van der Waals surface area contributed by atoms with E-state index in [2.05, 4.69) is 0 Å². The van der Waals surface area contributed by atoms with Gasteiger partial charge in [-0.15, -0.1) is 0 Å². The molecule has 0 N–H and O–H groups in total. The largest absolute Gasteiger partial charge is 0.299 e. The summed E-state index contributed by atoms with van der Waals surface area (Å²) in [5.74, 6) is 0.0779. The minimum absolute atomic E-state index is 0.0914. The molecule has 2 aromatic carbocycles. The van der Waals surface area contributed by atoms with Gasteiger partial charge < -0.3 is 0 Å². The Morgan fingerprint density at radius 3 is 2.40 bits per heavy atom. The van der Waals surface area contributed by atoms with Crippen molar-refractivity contribution in [1.82, 2.24) is 0 Å². The zero-order valence-corrected chi connectivity index (χ0v) is 12.8. The van der Waals surface area contributed by atoms with Gasteiger partial charge in [0.25, 0.3) is 0 Å². The van der Waals surface area contributed by atoms with Crippen LogP contribution in [0.3, 0.4) is 0 Å². The van der Waals surface area contributed by atoms with Crippen molar-refractivity contribution >= 4 is 29.0 Å². The topological polar surface area (TPSA) is 17.1 Å². The van der Waals surface area contributed by atoms with E-state index in [1.807, 2.05) is 49.4 Å². The van der Waals surface area contributed by atoms with Crippen molar-refractivity contribution in [3.05, 3.63) is 69.7 Å². The molecule has 0 aromatic heterocycles. The molecular weight excluding hydrogens is 291 g/mol. The van der Waals surface area contributed by atoms with E-state index in [-0.39, 0.29) is 11.7 Å². The highest BCUT2D eigenvalue weighted by Crippen LogP contribution is 2.28. The van der Waals surface area contributed by atoms with Gasteiger partial charge in [0.05, 0.1) is 10.0 Å². The molecule has 0 bridgehead atoms. The van der Waals surface area contributed by atoms with Crippen molar-refractivity contribution in [2.24, 2.45) is 0 Å². The van der Waals surface area contributed by atoms with Gasteiger partial charge in [-0.25, -0.2) is 0 Å². The van der Waals surface area contributed by atoms with Crippen LogP contribution in [0.15, 0.2) is 48.5 Å². The summed E-state index contributed by atoms with van der Waals surface area (Å²) in [7, 11) is 0. The molecule has 0 fully saturated rings. The smallest absolute Gasteiger partial charge is 0.144 e. The van der Waals surface area contributed by atoms with Gasteiger partial charge in [0.2, 0.25) is 0 Å². The van der Waals surface area contributed by atoms with Gasteiger partial charge in [-0.1, -0.05) is 72.6 Å². The van der Waals surface area contributed by atoms with E-state index in [0.29, 0.717) is 16.5 Å². The molecule has 0 aliphatic heterocycles. The van der Waals surface area contributed by atoms with E-state index in [1.54, 1.807) is 6.07 Å². The molecule has 0 saturated carbocycles. The minimum Gasteiger partial charge on any atom is -0.299 e. The first-order chi connectivity index (χ1) is 9.63. The Balaban J connectivity index is 2.20. The monoisotopic (exact) mass is 306 g/mol. The summed E-state index contributed by atoms with van der Waals surface area (Å²) in [5.41, 5.74) is 1.84. The molecule has 3 heteroatoms. The zero-order valence-electron chi connectivity index (χ0n) is 11.3. The third kappa shape index (κ3) is 3.41. The quantitative estimate of drug-likeness (QED) is 0.732. The summed E-state index contributed by atoms with van der Waals surface area (Å²) >= 11 is 12.1. The second-order valence-corrected chi connectivity index (χ2v) is 5.51. The van der Waals surface area contributed by atoms with Crippen LogP contribution in [0.5, 0.6) is 0 Å². The van der Waals surface area contributed by atoms with Gasteiger partial charge in [-0.05, 0) is 23.6 Å². The zero-order chi connectivity index (χ0) is 14.5. The van der Waals surface area contributed by atoms with Gasteiger partial charge in [0, 0.05) is 12.3 Å². The molecule has 0 aliphatic carbocycles. The number of rotatable bonds is 5. The number of carbonyl (C=O) groups excluding carboxylic acids is 1. The summed E-state index contributed by atoms with van der Waals surface area (Å²) < 4.78 is 0. The summed E-state index contributed by atoms with van der Waals surface area (Å²) in [6, 6.07) is 15.2. The lowest BCUT2D eigenvalue weighted by Crippen LogP contribution is -2.14. The Hall–Kier alpha value is -1.31. The molecule has 2 rings (SSSR count). The van der Waals surface area contributed by atoms with Gasteiger partial charge in [-0.2, -0.15) is 0 Å². The molecule has 0 aliphatic rings. The summed E-state index contributed by atoms with van der Waals surface area (Å²) in [4.78, 5) is 12.5. The van der Waals surface area contributed by atoms with Crippen LogP contribution in [0, 0.1) is 0 Å². The Labute approximate surface area is 129 Å². The van der Waals surface area contributed by atoms with Crippen molar-refractivity contribution in [2.45, 2.75) is 25.7 Å². The van der Waals surface area contributed by atoms with Gasteiger partial charge in [0.1, 0.15) is 5.78 Å². The van der Waals surface area contributed by atoms with E-state index in [4.69, 9.17) is 23.2 Å². The summed E-state index contributed by atoms with van der Waals surface area (Å²) in [6.45, 7) is 2.02. The number of halogens is 2. The molecule has 0 saturated heterocycles. The van der Waals surface area contributed by atoms with Crippen molar-refractivity contribution in [3.8, 4) is 0 Å². The summed E-state index contributed by atoms with van der Waals surface area (Å²) in [5, 5.41) is 0.968. The number of hydrogen-bond donors (Lipinski definition) is 0. The maximum absolute atomic E-state index is 12.5. The Bertz CT molecular complexity index is 593. The molecule has 1 nitrogen and oxygen atoms in total. The van der Waals surface area contributed by atoms with Gasteiger partial charge >= 0.3 is 0 Å². The van der Waals surface area contributed by atoms with Crippen LogP contribution in [-0.4, -0.2) is 5.78 Å². The maximum atomic E-state index is 12.5. The Morgan fingerprint density at radius 1 is 1.05 bits per heavy atom. The molecule has 0 amide bonds. The number of carbonyl (C=O) groups is 1. The standard InChI is InChI=1S/C17H16Cl2O/c1-2-14(12-7-4-3-5-8-12)16(20)11-13-9-6-10-15(18)17(13)19/h3-10,14H,2,11H2,1H3. The number of Topliss-reactive ketones (excluding diaryl/α,β-unsaturated/α-hetero) is 1. The molecule has 0 radical (unpaired) electrons. The third-order valence-corrected chi connectivity index (χ3v) is 4.25. The van der Waals surface area contributed by atoms with E-state index in [1.165, 1.54) is 0 Å². The van der Waals surface area contributed by atoms with Crippen LogP contribution in [0.25, 0.3) is 0 Å². The number of ketones is 1. The lowest BCUT2D eigenvalue weighted by Gasteiger charge is -2.15.